The van der Waals surface area contributed by atoms with Gasteiger partial charge in [0.2, 0.25) is 5.91 Å². The smallest absolute Gasteiger partial charge is 0.228 e. The number of rotatable bonds is 8. The second kappa shape index (κ2) is 9.18. The van der Waals surface area contributed by atoms with Gasteiger partial charge in [-0.1, -0.05) is 23.7 Å². The van der Waals surface area contributed by atoms with Crippen molar-refractivity contribution in [1.29, 1.82) is 0 Å². The minimum atomic E-state index is -0.0719. The zero-order valence-corrected chi connectivity index (χ0v) is 13.8. The number of carbonyl (C=O) groups excluding carboxylic acids is 1. The number of hydrogen-bond donors (Lipinski definition) is 1. The quantitative estimate of drug-likeness (QED) is 0.744. The standard InChI is InChI=1S/C18H20ClNO3/c1-2-22-11-12-23-17-9-7-16(8-10-17)20-18(21)13-14-3-5-15(19)6-4-14/h3-10H,2,11-13H2,1H3,(H,20,21). The van der Waals surface area contributed by atoms with Gasteiger partial charge in [-0.15, -0.1) is 0 Å². The predicted octanol–water partition coefficient (Wildman–Crippen LogP) is 3.94. The topological polar surface area (TPSA) is 47.6 Å². The van der Waals surface area contributed by atoms with Gasteiger partial charge in [-0.2, -0.15) is 0 Å². The van der Waals surface area contributed by atoms with E-state index >= 15 is 0 Å². The van der Waals surface area contributed by atoms with Crippen LogP contribution in [0.25, 0.3) is 0 Å². The monoisotopic (exact) mass is 333 g/mol. The van der Waals surface area contributed by atoms with Crippen LogP contribution in [0.15, 0.2) is 48.5 Å². The second-order valence-electron chi connectivity index (χ2n) is 4.92. The number of anilines is 1. The van der Waals surface area contributed by atoms with E-state index in [-0.39, 0.29) is 5.91 Å². The van der Waals surface area contributed by atoms with Gasteiger partial charge in [0.25, 0.3) is 0 Å². The molecular weight excluding hydrogens is 314 g/mol. The summed E-state index contributed by atoms with van der Waals surface area (Å²) in [5, 5.41) is 3.52. The molecule has 0 saturated heterocycles. The van der Waals surface area contributed by atoms with Gasteiger partial charge in [0.15, 0.2) is 0 Å². The van der Waals surface area contributed by atoms with Crippen LogP contribution in [0.3, 0.4) is 0 Å². The highest BCUT2D eigenvalue weighted by molar-refractivity contribution is 6.30. The number of benzene rings is 2. The molecule has 0 saturated carbocycles. The van der Waals surface area contributed by atoms with Crippen LogP contribution >= 0.6 is 11.6 Å². The Balaban J connectivity index is 1.80. The van der Waals surface area contributed by atoms with Crippen molar-refractivity contribution in [3.63, 3.8) is 0 Å². The SMILES string of the molecule is CCOCCOc1ccc(NC(=O)Cc2ccc(Cl)cc2)cc1. The van der Waals surface area contributed by atoms with E-state index in [4.69, 9.17) is 21.1 Å². The molecule has 0 aromatic heterocycles. The summed E-state index contributed by atoms with van der Waals surface area (Å²) < 4.78 is 10.7. The van der Waals surface area contributed by atoms with Gasteiger partial charge >= 0.3 is 0 Å². The molecule has 0 aliphatic rings. The summed E-state index contributed by atoms with van der Waals surface area (Å²) in [4.78, 5) is 12.0. The summed E-state index contributed by atoms with van der Waals surface area (Å²) in [6.45, 7) is 3.70. The molecule has 122 valence electrons. The van der Waals surface area contributed by atoms with E-state index in [2.05, 4.69) is 5.32 Å². The fourth-order valence-electron chi connectivity index (χ4n) is 1.99. The van der Waals surface area contributed by atoms with E-state index in [1.807, 2.05) is 43.3 Å². The van der Waals surface area contributed by atoms with Crippen molar-refractivity contribution in [2.24, 2.45) is 0 Å². The number of hydrogen-bond acceptors (Lipinski definition) is 3. The zero-order chi connectivity index (χ0) is 16.5. The Hall–Kier alpha value is -2.04. The maximum absolute atomic E-state index is 12.0. The predicted molar refractivity (Wildman–Crippen MR) is 92.2 cm³/mol. The molecule has 4 nitrogen and oxygen atoms in total. The lowest BCUT2D eigenvalue weighted by molar-refractivity contribution is -0.115. The van der Waals surface area contributed by atoms with Gasteiger partial charge < -0.3 is 14.8 Å². The molecule has 23 heavy (non-hydrogen) atoms. The fourth-order valence-corrected chi connectivity index (χ4v) is 2.12. The summed E-state index contributed by atoms with van der Waals surface area (Å²) >= 11 is 5.83. The minimum absolute atomic E-state index is 0.0719. The van der Waals surface area contributed by atoms with Crippen molar-refractivity contribution >= 4 is 23.2 Å². The van der Waals surface area contributed by atoms with Crippen molar-refractivity contribution < 1.29 is 14.3 Å². The molecule has 0 aliphatic carbocycles. The van der Waals surface area contributed by atoms with Crippen LogP contribution in [-0.4, -0.2) is 25.7 Å². The Bertz CT molecular complexity index is 611. The molecule has 5 heteroatoms. The zero-order valence-electron chi connectivity index (χ0n) is 13.0. The molecule has 0 heterocycles. The molecule has 0 unspecified atom stereocenters. The molecule has 1 N–H and O–H groups in total. The van der Waals surface area contributed by atoms with Crippen LogP contribution in [0.4, 0.5) is 5.69 Å². The van der Waals surface area contributed by atoms with Gasteiger partial charge in [-0.25, -0.2) is 0 Å². The van der Waals surface area contributed by atoms with E-state index in [1.165, 1.54) is 0 Å². The van der Waals surface area contributed by atoms with Gasteiger partial charge in [0, 0.05) is 17.3 Å². The molecule has 0 fully saturated rings. The summed E-state index contributed by atoms with van der Waals surface area (Å²) in [5.74, 6) is 0.678. The van der Waals surface area contributed by atoms with Crippen molar-refractivity contribution in [2.45, 2.75) is 13.3 Å². The molecular formula is C18H20ClNO3. The number of carbonyl (C=O) groups is 1. The third-order valence-electron chi connectivity index (χ3n) is 3.12. The summed E-state index contributed by atoms with van der Waals surface area (Å²) in [6.07, 6.45) is 0.309. The Morgan fingerprint density at radius 3 is 2.39 bits per heavy atom. The van der Waals surface area contributed by atoms with E-state index in [1.54, 1.807) is 12.1 Å². The maximum Gasteiger partial charge on any atom is 0.228 e. The van der Waals surface area contributed by atoms with Crippen molar-refractivity contribution in [3.05, 3.63) is 59.1 Å². The first kappa shape index (κ1) is 17.3. The van der Waals surface area contributed by atoms with Gasteiger partial charge in [0.1, 0.15) is 12.4 Å². The minimum Gasteiger partial charge on any atom is -0.491 e. The highest BCUT2D eigenvalue weighted by Gasteiger charge is 2.04. The summed E-state index contributed by atoms with van der Waals surface area (Å²) in [5.41, 5.74) is 1.66. The Labute approximate surface area is 141 Å². The lowest BCUT2D eigenvalue weighted by atomic mass is 10.1. The van der Waals surface area contributed by atoms with Crippen LogP contribution in [0.2, 0.25) is 5.02 Å². The number of ether oxygens (including phenoxy) is 2. The van der Waals surface area contributed by atoms with Gasteiger partial charge in [0.05, 0.1) is 13.0 Å². The van der Waals surface area contributed by atoms with Crippen molar-refractivity contribution in [2.75, 3.05) is 25.1 Å². The fraction of sp³-hybridized carbons (Fsp3) is 0.278. The summed E-state index contributed by atoms with van der Waals surface area (Å²) in [7, 11) is 0. The van der Waals surface area contributed by atoms with Crippen LogP contribution in [0, 0.1) is 0 Å². The molecule has 0 aliphatic heterocycles. The van der Waals surface area contributed by atoms with Crippen LogP contribution in [0.5, 0.6) is 5.75 Å². The molecule has 0 atom stereocenters. The maximum atomic E-state index is 12.0. The second-order valence-corrected chi connectivity index (χ2v) is 5.36. The average molecular weight is 334 g/mol. The third-order valence-corrected chi connectivity index (χ3v) is 3.37. The normalized spacial score (nSPS) is 10.3. The van der Waals surface area contributed by atoms with E-state index in [0.29, 0.717) is 31.3 Å². The highest BCUT2D eigenvalue weighted by atomic mass is 35.5. The molecule has 2 aromatic carbocycles. The van der Waals surface area contributed by atoms with Gasteiger partial charge in [-0.05, 0) is 48.9 Å². The molecule has 0 radical (unpaired) electrons. The molecule has 2 aromatic rings. The van der Waals surface area contributed by atoms with Crippen LogP contribution < -0.4 is 10.1 Å². The van der Waals surface area contributed by atoms with E-state index in [9.17, 15) is 4.79 Å². The lowest BCUT2D eigenvalue weighted by Gasteiger charge is -2.08. The number of halogens is 1. The first-order valence-electron chi connectivity index (χ1n) is 7.52. The molecule has 2 rings (SSSR count). The van der Waals surface area contributed by atoms with Gasteiger partial charge in [-0.3, -0.25) is 4.79 Å². The van der Waals surface area contributed by atoms with E-state index in [0.717, 1.165) is 17.0 Å². The Morgan fingerprint density at radius 2 is 1.74 bits per heavy atom. The van der Waals surface area contributed by atoms with Crippen LogP contribution in [0.1, 0.15) is 12.5 Å². The van der Waals surface area contributed by atoms with E-state index < -0.39 is 0 Å². The van der Waals surface area contributed by atoms with Crippen molar-refractivity contribution in [3.8, 4) is 5.75 Å². The first-order chi connectivity index (χ1) is 11.2. The molecule has 0 spiro atoms. The van der Waals surface area contributed by atoms with Crippen molar-refractivity contribution in [1.82, 2.24) is 0 Å². The average Bonchev–Trinajstić information content (AvgIpc) is 2.55. The van der Waals surface area contributed by atoms with Crippen LogP contribution in [-0.2, 0) is 16.0 Å². The Kier molecular flexibility index (Phi) is 6.91. The first-order valence-corrected chi connectivity index (χ1v) is 7.90. The number of nitrogens with one attached hydrogen (secondary N) is 1. The number of amides is 1. The highest BCUT2D eigenvalue weighted by Crippen LogP contribution is 2.16. The lowest BCUT2D eigenvalue weighted by Crippen LogP contribution is -2.14. The largest absolute Gasteiger partial charge is 0.491 e. The third kappa shape index (κ3) is 6.30. The molecule has 1 amide bonds. The Morgan fingerprint density at radius 1 is 1.04 bits per heavy atom. The molecule has 0 bridgehead atoms. The summed E-state index contributed by atoms with van der Waals surface area (Å²) in [6, 6.07) is 14.5.